The Morgan fingerprint density at radius 2 is 1.83 bits per heavy atom. The molecule has 1 aliphatic heterocycles. The Kier molecular flexibility index (Phi) is 6.94. The van der Waals surface area contributed by atoms with E-state index in [1.807, 2.05) is 18.2 Å². The maximum absolute atomic E-state index is 13.2. The van der Waals surface area contributed by atoms with E-state index in [0.29, 0.717) is 29.5 Å². The average molecular weight is 421 g/mol. The van der Waals surface area contributed by atoms with Crippen molar-refractivity contribution in [1.82, 2.24) is 10.4 Å². The van der Waals surface area contributed by atoms with Gasteiger partial charge in [0.25, 0.3) is 0 Å². The van der Waals surface area contributed by atoms with Gasteiger partial charge in [-0.1, -0.05) is 43.9 Å². The van der Waals surface area contributed by atoms with E-state index in [9.17, 15) is 8.42 Å². The van der Waals surface area contributed by atoms with Gasteiger partial charge in [-0.3, -0.25) is 5.43 Å². The van der Waals surface area contributed by atoms with Crippen LogP contribution >= 0.6 is 0 Å². The van der Waals surface area contributed by atoms with Crippen LogP contribution in [0.25, 0.3) is 0 Å². The Morgan fingerprint density at radius 1 is 1.07 bits per heavy atom. The zero-order valence-electron chi connectivity index (χ0n) is 17.6. The zero-order valence-corrected chi connectivity index (χ0v) is 18.4. The molecule has 5 nitrogen and oxygen atoms in total. The third kappa shape index (κ3) is 4.87. The van der Waals surface area contributed by atoms with Crippen LogP contribution in [-0.4, -0.2) is 51.0 Å². The highest BCUT2D eigenvalue weighted by atomic mass is 32.2. The van der Waals surface area contributed by atoms with Crippen LogP contribution in [0.15, 0.2) is 35.2 Å². The Balaban J connectivity index is 1.55. The van der Waals surface area contributed by atoms with Crippen molar-refractivity contribution >= 4 is 9.84 Å². The molecule has 0 amide bonds. The largest absolute Gasteiger partial charge is 0.383 e. The normalized spacial score (nSPS) is 29.8. The number of sulfone groups is 1. The molecule has 0 unspecified atom stereocenters. The van der Waals surface area contributed by atoms with E-state index < -0.39 is 9.84 Å². The Morgan fingerprint density at radius 3 is 2.55 bits per heavy atom. The van der Waals surface area contributed by atoms with Gasteiger partial charge in [0.2, 0.25) is 0 Å². The van der Waals surface area contributed by atoms with Crippen LogP contribution in [0.1, 0.15) is 57.8 Å². The minimum atomic E-state index is -3.32. The van der Waals surface area contributed by atoms with E-state index in [1.165, 1.54) is 38.5 Å². The summed E-state index contributed by atoms with van der Waals surface area (Å²) >= 11 is 0. The Labute approximate surface area is 176 Å². The first kappa shape index (κ1) is 21.3. The van der Waals surface area contributed by atoms with Crippen molar-refractivity contribution < 1.29 is 13.2 Å². The van der Waals surface area contributed by atoms with Crippen LogP contribution < -0.4 is 5.43 Å². The van der Waals surface area contributed by atoms with Crippen molar-refractivity contribution in [3.05, 3.63) is 30.3 Å². The second-order valence-corrected chi connectivity index (χ2v) is 11.3. The van der Waals surface area contributed by atoms with Gasteiger partial charge in [-0.25, -0.2) is 13.4 Å². The summed E-state index contributed by atoms with van der Waals surface area (Å²) in [5.41, 5.74) is 3.79. The third-order valence-corrected chi connectivity index (χ3v) is 9.13. The van der Waals surface area contributed by atoms with E-state index >= 15 is 0 Å². The van der Waals surface area contributed by atoms with Crippen LogP contribution in [0.2, 0.25) is 0 Å². The molecule has 6 heteroatoms. The monoisotopic (exact) mass is 420 g/mol. The van der Waals surface area contributed by atoms with E-state index in [4.69, 9.17) is 4.74 Å². The lowest BCUT2D eigenvalue weighted by molar-refractivity contribution is 0.0327. The number of hydrogen-bond donors (Lipinski definition) is 1. The highest BCUT2D eigenvalue weighted by Crippen LogP contribution is 2.41. The summed E-state index contributed by atoms with van der Waals surface area (Å²) < 4.78 is 31.9. The number of nitrogens with zero attached hydrogens (tertiary/aromatic N) is 1. The van der Waals surface area contributed by atoms with Gasteiger partial charge >= 0.3 is 0 Å². The number of benzene rings is 1. The standard InChI is InChI=1S/C23H36N2O3S/c1-28-16-20-15-19-11-8-14-23(19)25(20)24-22(18-9-4-2-5-10-18)17-29(26,27)21-12-6-3-7-13-21/h3,6-7,12-13,18-20,22-24H,2,4-5,8-11,14-17H2,1H3/t19-,20-,22+,23-/m1/s1. The van der Waals surface area contributed by atoms with Gasteiger partial charge in [-0.15, -0.1) is 0 Å². The molecule has 29 heavy (non-hydrogen) atoms. The first-order valence-electron chi connectivity index (χ1n) is 11.4. The maximum atomic E-state index is 13.2. The minimum absolute atomic E-state index is 0.0285. The molecular weight excluding hydrogens is 384 g/mol. The zero-order chi connectivity index (χ0) is 20.3. The molecular formula is C23H36N2O3S. The van der Waals surface area contributed by atoms with Crippen molar-refractivity contribution in [3.8, 4) is 0 Å². The van der Waals surface area contributed by atoms with Gasteiger partial charge < -0.3 is 4.74 Å². The summed E-state index contributed by atoms with van der Waals surface area (Å²) in [5, 5.41) is 2.42. The minimum Gasteiger partial charge on any atom is -0.383 e. The van der Waals surface area contributed by atoms with E-state index in [-0.39, 0.29) is 11.8 Å². The molecule has 1 aromatic rings. The highest BCUT2D eigenvalue weighted by Gasteiger charge is 2.45. The van der Waals surface area contributed by atoms with Crippen LogP contribution in [0.3, 0.4) is 0 Å². The van der Waals surface area contributed by atoms with Gasteiger partial charge in [0.1, 0.15) is 0 Å². The molecule has 3 aliphatic rings. The molecule has 1 saturated heterocycles. The smallest absolute Gasteiger partial charge is 0.179 e. The SMILES string of the molecule is COC[C@H]1C[C@H]2CCC[C@H]2N1N[C@@H](CS(=O)(=O)c1ccccc1)C1CCCCC1. The van der Waals surface area contributed by atoms with Crippen LogP contribution in [0.4, 0.5) is 0 Å². The Bertz CT molecular complexity index is 749. The molecule has 0 radical (unpaired) electrons. The predicted octanol–water partition coefficient (Wildman–Crippen LogP) is 3.80. The molecule has 1 aromatic carbocycles. The molecule has 2 saturated carbocycles. The van der Waals surface area contributed by atoms with Crippen molar-refractivity contribution in [2.24, 2.45) is 11.8 Å². The number of hydrazine groups is 1. The summed E-state index contributed by atoms with van der Waals surface area (Å²) in [5.74, 6) is 1.32. The third-order valence-electron chi connectivity index (χ3n) is 7.34. The van der Waals surface area contributed by atoms with E-state index in [0.717, 1.165) is 25.2 Å². The fourth-order valence-corrected chi connectivity index (χ4v) is 7.49. The maximum Gasteiger partial charge on any atom is 0.179 e. The molecule has 0 aromatic heterocycles. The molecule has 1 N–H and O–H groups in total. The van der Waals surface area contributed by atoms with Crippen molar-refractivity contribution in [2.45, 2.75) is 80.8 Å². The fraction of sp³-hybridized carbons (Fsp3) is 0.739. The summed E-state index contributed by atoms with van der Waals surface area (Å²) in [7, 11) is -1.55. The summed E-state index contributed by atoms with van der Waals surface area (Å²) in [6.07, 6.45) is 10.9. The second-order valence-electron chi connectivity index (χ2n) is 9.24. The number of hydrogen-bond acceptors (Lipinski definition) is 5. The first-order valence-corrected chi connectivity index (χ1v) is 13.0. The quantitative estimate of drug-likeness (QED) is 0.693. The van der Waals surface area contributed by atoms with Gasteiger partial charge in [-0.05, 0) is 56.1 Å². The second kappa shape index (κ2) is 9.46. The number of methoxy groups -OCH3 is 1. The number of fused-ring (bicyclic) bond motifs is 1. The van der Waals surface area contributed by atoms with Crippen LogP contribution in [0, 0.1) is 11.8 Å². The van der Waals surface area contributed by atoms with Gasteiger partial charge in [0.05, 0.1) is 17.3 Å². The first-order chi connectivity index (χ1) is 14.1. The van der Waals surface area contributed by atoms with Crippen molar-refractivity contribution in [3.63, 3.8) is 0 Å². The molecule has 1 heterocycles. The Hall–Kier alpha value is -0.950. The topological polar surface area (TPSA) is 58.6 Å². The number of rotatable bonds is 8. The van der Waals surface area contributed by atoms with Gasteiger partial charge in [0, 0.05) is 25.2 Å². The molecule has 3 fully saturated rings. The lowest BCUT2D eigenvalue weighted by Gasteiger charge is -2.38. The molecule has 0 spiro atoms. The molecule has 162 valence electrons. The number of ether oxygens (including phenoxy) is 1. The number of nitrogens with one attached hydrogen (secondary N) is 1. The molecule has 4 rings (SSSR count). The summed E-state index contributed by atoms with van der Waals surface area (Å²) in [4.78, 5) is 0.441. The predicted molar refractivity (Wildman–Crippen MR) is 115 cm³/mol. The lowest BCUT2D eigenvalue weighted by atomic mass is 9.85. The van der Waals surface area contributed by atoms with Crippen molar-refractivity contribution in [1.29, 1.82) is 0 Å². The van der Waals surface area contributed by atoms with E-state index in [1.54, 1.807) is 19.2 Å². The average Bonchev–Trinajstić information content (AvgIpc) is 3.31. The molecule has 4 atom stereocenters. The van der Waals surface area contributed by atoms with Gasteiger partial charge in [0.15, 0.2) is 9.84 Å². The summed E-state index contributed by atoms with van der Waals surface area (Å²) in [6, 6.07) is 9.80. The lowest BCUT2D eigenvalue weighted by Crippen LogP contribution is -2.56. The van der Waals surface area contributed by atoms with E-state index in [2.05, 4.69) is 10.4 Å². The van der Waals surface area contributed by atoms with Crippen LogP contribution in [0.5, 0.6) is 0 Å². The van der Waals surface area contributed by atoms with Gasteiger partial charge in [-0.2, -0.15) is 0 Å². The molecule has 0 bridgehead atoms. The fourth-order valence-electron chi connectivity index (χ4n) is 5.90. The highest BCUT2D eigenvalue weighted by molar-refractivity contribution is 7.91. The van der Waals surface area contributed by atoms with Crippen LogP contribution in [-0.2, 0) is 14.6 Å². The van der Waals surface area contributed by atoms with Crippen molar-refractivity contribution in [2.75, 3.05) is 19.5 Å². The molecule has 2 aliphatic carbocycles. The summed E-state index contributed by atoms with van der Waals surface area (Å²) in [6.45, 7) is 0.711.